The van der Waals surface area contributed by atoms with Crippen molar-refractivity contribution in [2.45, 2.75) is 25.9 Å². The van der Waals surface area contributed by atoms with Gasteiger partial charge in [0.1, 0.15) is 11.6 Å². The lowest BCUT2D eigenvalue weighted by atomic mass is 10.1. The van der Waals surface area contributed by atoms with E-state index in [9.17, 15) is 8.78 Å². The van der Waals surface area contributed by atoms with Gasteiger partial charge in [-0.05, 0) is 54.8 Å². The Hall–Kier alpha value is -1.26. The number of halogens is 3. The van der Waals surface area contributed by atoms with Gasteiger partial charge in [-0.1, -0.05) is 28.1 Å². The van der Waals surface area contributed by atoms with Crippen LogP contribution in [0.1, 0.15) is 18.1 Å². The minimum Gasteiger partial charge on any atom is -0.310 e. The second-order valence-corrected chi connectivity index (χ2v) is 5.71. The van der Waals surface area contributed by atoms with Crippen LogP contribution < -0.4 is 5.32 Å². The second-order valence-electron chi connectivity index (χ2n) is 4.85. The molecule has 1 atom stereocenters. The molecule has 0 amide bonds. The number of hydrogen-bond donors (Lipinski definition) is 1. The molecular weight excluding hydrogens is 324 g/mol. The predicted molar refractivity (Wildman–Crippen MR) is 80.5 cm³/mol. The van der Waals surface area contributed by atoms with Crippen LogP contribution in [0.3, 0.4) is 0 Å². The Morgan fingerprint density at radius 3 is 2.60 bits per heavy atom. The van der Waals surface area contributed by atoms with E-state index >= 15 is 0 Å². The van der Waals surface area contributed by atoms with Crippen molar-refractivity contribution in [3.63, 3.8) is 0 Å². The Bertz CT molecular complexity index is 586. The van der Waals surface area contributed by atoms with Crippen molar-refractivity contribution in [1.82, 2.24) is 5.32 Å². The predicted octanol–water partition coefficient (Wildman–Crippen LogP) is 4.45. The molecule has 2 aromatic carbocycles. The van der Waals surface area contributed by atoms with Crippen molar-refractivity contribution in [2.24, 2.45) is 0 Å². The third-order valence-corrected chi connectivity index (χ3v) is 3.85. The van der Waals surface area contributed by atoms with Crippen molar-refractivity contribution in [3.05, 3.63) is 69.7 Å². The van der Waals surface area contributed by atoms with Gasteiger partial charge in [0.2, 0.25) is 0 Å². The van der Waals surface area contributed by atoms with E-state index in [1.54, 1.807) is 12.1 Å². The Kier molecular flexibility index (Phi) is 5.26. The number of rotatable bonds is 5. The molecule has 0 heterocycles. The fraction of sp³-hybridized carbons (Fsp3) is 0.250. The third kappa shape index (κ3) is 4.39. The Labute approximate surface area is 126 Å². The molecule has 0 aromatic heterocycles. The number of hydrogen-bond acceptors (Lipinski definition) is 1. The van der Waals surface area contributed by atoms with Gasteiger partial charge in [0.15, 0.2) is 0 Å². The molecule has 0 fully saturated rings. The van der Waals surface area contributed by atoms with E-state index in [1.807, 2.05) is 13.0 Å². The van der Waals surface area contributed by atoms with Crippen LogP contribution in [0.15, 0.2) is 46.9 Å². The Morgan fingerprint density at radius 2 is 1.85 bits per heavy atom. The van der Waals surface area contributed by atoms with Crippen LogP contribution in [0.5, 0.6) is 0 Å². The first-order valence-electron chi connectivity index (χ1n) is 6.46. The molecule has 106 valence electrons. The van der Waals surface area contributed by atoms with Crippen molar-refractivity contribution in [2.75, 3.05) is 0 Å². The zero-order chi connectivity index (χ0) is 14.5. The first kappa shape index (κ1) is 15.1. The molecule has 1 unspecified atom stereocenters. The smallest absolute Gasteiger partial charge is 0.123 e. The maximum absolute atomic E-state index is 13.2. The van der Waals surface area contributed by atoms with Gasteiger partial charge in [0.05, 0.1) is 0 Å². The minimum atomic E-state index is -0.247. The van der Waals surface area contributed by atoms with Crippen LogP contribution in [0, 0.1) is 11.6 Å². The lowest BCUT2D eigenvalue weighted by Crippen LogP contribution is -2.27. The molecule has 0 saturated carbocycles. The summed E-state index contributed by atoms with van der Waals surface area (Å²) in [4.78, 5) is 0. The molecule has 0 spiro atoms. The highest BCUT2D eigenvalue weighted by atomic mass is 79.9. The van der Waals surface area contributed by atoms with Gasteiger partial charge in [0, 0.05) is 17.1 Å². The molecule has 1 N–H and O–H groups in total. The van der Waals surface area contributed by atoms with Crippen molar-refractivity contribution < 1.29 is 8.78 Å². The van der Waals surface area contributed by atoms with Crippen LogP contribution in [-0.4, -0.2) is 6.04 Å². The van der Waals surface area contributed by atoms with E-state index in [-0.39, 0.29) is 17.7 Å². The van der Waals surface area contributed by atoms with E-state index in [1.165, 1.54) is 24.3 Å². The SMILES string of the molecule is CC(Cc1cccc(F)c1)NCc1cc(F)ccc1Br. The van der Waals surface area contributed by atoms with E-state index in [4.69, 9.17) is 0 Å². The van der Waals surface area contributed by atoms with Gasteiger partial charge in [-0.25, -0.2) is 8.78 Å². The largest absolute Gasteiger partial charge is 0.310 e. The fourth-order valence-corrected chi connectivity index (χ4v) is 2.44. The molecule has 2 rings (SSSR count). The Morgan fingerprint density at radius 1 is 1.10 bits per heavy atom. The van der Waals surface area contributed by atoms with Gasteiger partial charge in [0.25, 0.3) is 0 Å². The summed E-state index contributed by atoms with van der Waals surface area (Å²) >= 11 is 3.40. The molecule has 1 nitrogen and oxygen atoms in total. The maximum Gasteiger partial charge on any atom is 0.123 e. The maximum atomic E-state index is 13.2. The monoisotopic (exact) mass is 339 g/mol. The molecule has 0 radical (unpaired) electrons. The zero-order valence-electron chi connectivity index (χ0n) is 11.2. The molecule has 2 aromatic rings. The van der Waals surface area contributed by atoms with Crippen LogP contribution in [0.25, 0.3) is 0 Å². The second kappa shape index (κ2) is 6.95. The van der Waals surface area contributed by atoms with E-state index in [0.29, 0.717) is 6.54 Å². The molecule has 0 saturated heterocycles. The molecule has 20 heavy (non-hydrogen) atoms. The molecule has 0 aliphatic heterocycles. The molecule has 0 aliphatic carbocycles. The molecule has 0 aliphatic rings. The van der Waals surface area contributed by atoms with Gasteiger partial charge >= 0.3 is 0 Å². The normalized spacial score (nSPS) is 12.4. The van der Waals surface area contributed by atoms with E-state index < -0.39 is 0 Å². The first-order valence-corrected chi connectivity index (χ1v) is 7.25. The van der Waals surface area contributed by atoms with Gasteiger partial charge in [-0.15, -0.1) is 0 Å². The standard InChI is InChI=1S/C16H16BrF2N/c1-11(7-12-3-2-4-14(18)8-12)20-10-13-9-15(19)5-6-16(13)17/h2-6,8-9,11,20H,7,10H2,1H3. The molecule has 4 heteroatoms. The highest BCUT2D eigenvalue weighted by Crippen LogP contribution is 2.18. The van der Waals surface area contributed by atoms with Crippen LogP contribution >= 0.6 is 15.9 Å². The van der Waals surface area contributed by atoms with Crippen LogP contribution in [-0.2, 0) is 13.0 Å². The van der Waals surface area contributed by atoms with Gasteiger partial charge < -0.3 is 5.32 Å². The summed E-state index contributed by atoms with van der Waals surface area (Å²) in [7, 11) is 0. The first-order chi connectivity index (χ1) is 9.54. The third-order valence-electron chi connectivity index (χ3n) is 3.08. The Balaban J connectivity index is 1.92. The summed E-state index contributed by atoms with van der Waals surface area (Å²) in [6.45, 7) is 2.59. The minimum absolute atomic E-state index is 0.173. The average molecular weight is 340 g/mol. The molecule has 0 bridgehead atoms. The quantitative estimate of drug-likeness (QED) is 0.848. The lowest BCUT2D eigenvalue weighted by Gasteiger charge is -2.15. The lowest BCUT2D eigenvalue weighted by molar-refractivity contribution is 0.539. The van der Waals surface area contributed by atoms with E-state index in [2.05, 4.69) is 21.2 Å². The van der Waals surface area contributed by atoms with Crippen LogP contribution in [0.2, 0.25) is 0 Å². The zero-order valence-corrected chi connectivity index (χ0v) is 12.8. The van der Waals surface area contributed by atoms with Crippen LogP contribution in [0.4, 0.5) is 8.78 Å². The van der Waals surface area contributed by atoms with Crippen molar-refractivity contribution in [1.29, 1.82) is 0 Å². The summed E-state index contributed by atoms with van der Waals surface area (Å²) in [5, 5.41) is 3.32. The number of nitrogens with one attached hydrogen (secondary N) is 1. The molecular formula is C16H16BrF2N. The highest BCUT2D eigenvalue weighted by molar-refractivity contribution is 9.10. The van der Waals surface area contributed by atoms with Crippen molar-refractivity contribution >= 4 is 15.9 Å². The summed E-state index contributed by atoms with van der Waals surface area (Å²) in [5.41, 5.74) is 1.82. The summed E-state index contributed by atoms with van der Waals surface area (Å²) in [5.74, 6) is -0.467. The topological polar surface area (TPSA) is 12.0 Å². The number of benzene rings is 2. The highest BCUT2D eigenvalue weighted by Gasteiger charge is 2.06. The van der Waals surface area contributed by atoms with E-state index in [0.717, 1.165) is 22.0 Å². The van der Waals surface area contributed by atoms with Gasteiger partial charge in [-0.2, -0.15) is 0 Å². The summed E-state index contributed by atoms with van der Waals surface area (Å²) in [6.07, 6.45) is 0.727. The summed E-state index contributed by atoms with van der Waals surface area (Å²) in [6, 6.07) is 11.4. The average Bonchev–Trinajstić information content (AvgIpc) is 2.40. The fourth-order valence-electron chi connectivity index (χ4n) is 2.05. The summed E-state index contributed by atoms with van der Waals surface area (Å²) < 4.78 is 27.1. The van der Waals surface area contributed by atoms with Gasteiger partial charge in [-0.3, -0.25) is 0 Å². The van der Waals surface area contributed by atoms with Crippen molar-refractivity contribution in [3.8, 4) is 0 Å².